The number of nitrogens with one attached hydrogen (secondary N) is 2. The maximum Gasteiger partial charge on any atom is 0.345 e. The van der Waals surface area contributed by atoms with E-state index in [2.05, 4.69) is 27.2 Å². The van der Waals surface area contributed by atoms with E-state index in [0.29, 0.717) is 16.8 Å². The summed E-state index contributed by atoms with van der Waals surface area (Å²) in [6, 6.07) is 12.7. The highest BCUT2D eigenvalue weighted by molar-refractivity contribution is 6.31. The van der Waals surface area contributed by atoms with Gasteiger partial charge in [-0.1, -0.05) is 42.4 Å². The van der Waals surface area contributed by atoms with Gasteiger partial charge in [0.05, 0.1) is 27.3 Å². The monoisotopic (exact) mass is 436 g/mol. The molecule has 31 heavy (non-hydrogen) atoms. The first-order chi connectivity index (χ1) is 15.0. The zero-order valence-electron chi connectivity index (χ0n) is 15.9. The van der Waals surface area contributed by atoms with E-state index in [9.17, 15) is 14.0 Å². The number of carbonyl (C=O) groups is 1. The van der Waals surface area contributed by atoms with Crippen LogP contribution < -0.4 is 16.3 Å². The van der Waals surface area contributed by atoms with Gasteiger partial charge in [-0.2, -0.15) is 4.98 Å². The predicted octanol–water partition coefficient (Wildman–Crippen LogP) is 4.91. The van der Waals surface area contributed by atoms with Crippen LogP contribution in [0.4, 0.5) is 21.7 Å². The maximum absolute atomic E-state index is 14.3. The molecule has 0 saturated heterocycles. The Morgan fingerprint density at radius 3 is 2.68 bits per heavy atom. The Labute approximate surface area is 180 Å². The number of anilines is 3. The number of para-hydroxylation sites is 2. The fourth-order valence-electron chi connectivity index (χ4n) is 2.88. The van der Waals surface area contributed by atoms with Crippen molar-refractivity contribution in [3.05, 3.63) is 88.6 Å². The van der Waals surface area contributed by atoms with Crippen molar-refractivity contribution in [3.8, 4) is 11.1 Å². The quantitative estimate of drug-likeness (QED) is 0.431. The van der Waals surface area contributed by atoms with Crippen molar-refractivity contribution in [1.29, 1.82) is 0 Å². The van der Waals surface area contributed by atoms with Gasteiger partial charge >= 0.3 is 5.63 Å². The summed E-state index contributed by atoms with van der Waals surface area (Å²) in [5.41, 5.74) is 0.297. The largest absolute Gasteiger partial charge is 0.403 e. The van der Waals surface area contributed by atoms with Gasteiger partial charge in [0.2, 0.25) is 17.6 Å². The van der Waals surface area contributed by atoms with Crippen molar-refractivity contribution in [2.45, 2.75) is 0 Å². The molecule has 0 radical (unpaired) electrons. The van der Waals surface area contributed by atoms with E-state index in [4.69, 9.17) is 16.0 Å². The molecule has 0 aliphatic rings. The molecular weight excluding hydrogens is 423 g/mol. The van der Waals surface area contributed by atoms with Crippen LogP contribution in [0.25, 0.3) is 22.2 Å². The Balaban J connectivity index is 1.71. The van der Waals surface area contributed by atoms with E-state index < -0.39 is 11.4 Å². The third-order valence-corrected chi connectivity index (χ3v) is 4.64. The molecule has 9 heteroatoms. The summed E-state index contributed by atoms with van der Waals surface area (Å²) >= 11 is 5.81. The summed E-state index contributed by atoms with van der Waals surface area (Å²) in [5.74, 6) is -0.953. The number of amides is 1. The summed E-state index contributed by atoms with van der Waals surface area (Å²) < 4.78 is 19.6. The number of carbonyl (C=O) groups excluding carboxylic acids is 1. The topological polar surface area (TPSA) is 97.1 Å². The molecule has 2 N–H and O–H groups in total. The standard InChI is InChI=1S/C22H14ClFN4O3/c1-2-18(29)26-16-8-3-4-9-17(16)27-22-25-11-12-10-14(21(30)31-20(12)28-22)13-6-5-7-15(23)19(13)24/h2-11H,1H2,(H,26,29)(H,25,27,28). The molecule has 0 spiro atoms. The lowest BCUT2D eigenvalue weighted by Crippen LogP contribution is -2.10. The Morgan fingerprint density at radius 1 is 1.13 bits per heavy atom. The van der Waals surface area contributed by atoms with E-state index in [0.717, 1.165) is 6.08 Å². The van der Waals surface area contributed by atoms with Crippen LogP contribution in [-0.2, 0) is 4.79 Å². The summed E-state index contributed by atoms with van der Waals surface area (Å²) in [5, 5.41) is 5.93. The number of fused-ring (bicyclic) bond motifs is 1. The first kappa shape index (κ1) is 20.2. The van der Waals surface area contributed by atoms with Gasteiger partial charge < -0.3 is 15.1 Å². The van der Waals surface area contributed by atoms with Crippen LogP contribution in [0.15, 0.2) is 76.6 Å². The van der Waals surface area contributed by atoms with Gasteiger partial charge in [0.15, 0.2) is 0 Å². The maximum atomic E-state index is 14.3. The van der Waals surface area contributed by atoms with E-state index in [1.165, 1.54) is 30.5 Å². The van der Waals surface area contributed by atoms with Gasteiger partial charge in [0, 0.05) is 11.8 Å². The minimum atomic E-state index is -0.767. The summed E-state index contributed by atoms with van der Waals surface area (Å²) in [6.07, 6.45) is 2.59. The number of hydrogen-bond donors (Lipinski definition) is 2. The number of benzene rings is 2. The van der Waals surface area contributed by atoms with Crippen LogP contribution in [0.2, 0.25) is 5.02 Å². The summed E-state index contributed by atoms with van der Waals surface area (Å²) in [6.45, 7) is 3.42. The Hall–Kier alpha value is -4.04. The second-order valence-electron chi connectivity index (χ2n) is 6.37. The van der Waals surface area contributed by atoms with E-state index in [1.54, 1.807) is 24.3 Å². The van der Waals surface area contributed by atoms with Crippen LogP contribution in [-0.4, -0.2) is 15.9 Å². The first-order valence-electron chi connectivity index (χ1n) is 9.01. The minimum absolute atomic E-state index is 0.00860. The normalized spacial score (nSPS) is 10.6. The minimum Gasteiger partial charge on any atom is -0.403 e. The van der Waals surface area contributed by atoms with Gasteiger partial charge in [0.25, 0.3) is 0 Å². The summed E-state index contributed by atoms with van der Waals surface area (Å²) in [4.78, 5) is 32.5. The van der Waals surface area contributed by atoms with E-state index in [-0.39, 0.29) is 33.7 Å². The van der Waals surface area contributed by atoms with Crippen molar-refractivity contribution in [2.24, 2.45) is 0 Å². The van der Waals surface area contributed by atoms with E-state index in [1.807, 2.05) is 0 Å². The number of aromatic nitrogens is 2. The second-order valence-corrected chi connectivity index (χ2v) is 6.77. The third-order valence-electron chi connectivity index (χ3n) is 4.35. The van der Waals surface area contributed by atoms with Gasteiger partial charge in [-0.15, -0.1) is 0 Å². The van der Waals surface area contributed by atoms with Crippen LogP contribution in [0.5, 0.6) is 0 Å². The molecule has 0 atom stereocenters. The number of nitrogens with zero attached hydrogens (tertiary/aromatic N) is 2. The van der Waals surface area contributed by atoms with Crippen LogP contribution in [0, 0.1) is 5.82 Å². The summed E-state index contributed by atoms with van der Waals surface area (Å²) in [7, 11) is 0. The zero-order chi connectivity index (χ0) is 22.0. The predicted molar refractivity (Wildman–Crippen MR) is 117 cm³/mol. The lowest BCUT2D eigenvalue weighted by Gasteiger charge is -2.11. The Morgan fingerprint density at radius 2 is 1.90 bits per heavy atom. The zero-order valence-corrected chi connectivity index (χ0v) is 16.6. The van der Waals surface area contributed by atoms with Crippen molar-refractivity contribution in [2.75, 3.05) is 10.6 Å². The van der Waals surface area contributed by atoms with Gasteiger partial charge in [-0.05, 0) is 30.3 Å². The van der Waals surface area contributed by atoms with Gasteiger partial charge in [0.1, 0.15) is 5.82 Å². The molecule has 2 heterocycles. The molecule has 0 unspecified atom stereocenters. The van der Waals surface area contributed by atoms with Crippen molar-refractivity contribution in [1.82, 2.24) is 9.97 Å². The molecule has 0 aliphatic heterocycles. The highest BCUT2D eigenvalue weighted by Gasteiger charge is 2.15. The third kappa shape index (κ3) is 4.15. The van der Waals surface area contributed by atoms with Crippen molar-refractivity contribution >= 4 is 45.9 Å². The fraction of sp³-hybridized carbons (Fsp3) is 0. The Bertz CT molecular complexity index is 1390. The second kappa shape index (κ2) is 8.37. The molecule has 0 bridgehead atoms. The van der Waals surface area contributed by atoms with Crippen LogP contribution in [0.1, 0.15) is 0 Å². The van der Waals surface area contributed by atoms with Crippen LogP contribution in [0.3, 0.4) is 0 Å². The average molecular weight is 437 g/mol. The molecule has 2 aromatic heterocycles. The van der Waals surface area contributed by atoms with Gasteiger partial charge in [-0.25, -0.2) is 14.2 Å². The highest BCUT2D eigenvalue weighted by atomic mass is 35.5. The molecule has 2 aromatic carbocycles. The first-order valence-corrected chi connectivity index (χ1v) is 9.39. The van der Waals surface area contributed by atoms with Crippen molar-refractivity contribution in [3.63, 3.8) is 0 Å². The molecule has 154 valence electrons. The molecule has 0 fully saturated rings. The lowest BCUT2D eigenvalue weighted by atomic mass is 10.1. The number of halogens is 2. The molecular formula is C22H14ClFN4O3. The van der Waals surface area contributed by atoms with Gasteiger partial charge in [-0.3, -0.25) is 4.79 Å². The highest BCUT2D eigenvalue weighted by Crippen LogP contribution is 2.28. The number of hydrogen-bond acceptors (Lipinski definition) is 6. The smallest absolute Gasteiger partial charge is 0.345 e. The molecule has 0 saturated carbocycles. The fourth-order valence-corrected chi connectivity index (χ4v) is 3.05. The Kier molecular flexibility index (Phi) is 5.46. The number of rotatable bonds is 5. The molecule has 4 rings (SSSR count). The average Bonchev–Trinajstić information content (AvgIpc) is 2.76. The molecule has 4 aromatic rings. The van der Waals surface area contributed by atoms with E-state index >= 15 is 0 Å². The molecule has 7 nitrogen and oxygen atoms in total. The van der Waals surface area contributed by atoms with Crippen LogP contribution >= 0.6 is 11.6 Å². The lowest BCUT2D eigenvalue weighted by molar-refractivity contribution is -0.111. The molecule has 1 amide bonds. The SMILES string of the molecule is C=CC(=O)Nc1ccccc1Nc1ncc2cc(-c3cccc(Cl)c3F)c(=O)oc2n1. The molecule has 0 aliphatic carbocycles. The van der Waals surface area contributed by atoms with Crippen molar-refractivity contribution < 1.29 is 13.6 Å².